The van der Waals surface area contributed by atoms with Gasteiger partial charge in [0.05, 0.1) is 0 Å². The number of hydrogen-bond acceptors (Lipinski definition) is 1. The van der Waals surface area contributed by atoms with E-state index in [4.69, 9.17) is 0 Å². The molecule has 42 valence electrons. The lowest BCUT2D eigenvalue weighted by Crippen LogP contribution is -1.97. The molecule has 0 aromatic rings. The average molecular weight is 116 g/mol. The van der Waals surface area contributed by atoms with E-state index in [-0.39, 0.29) is 0 Å². The van der Waals surface area contributed by atoms with Gasteiger partial charge in [-0.2, -0.15) is 11.8 Å². The van der Waals surface area contributed by atoms with Gasteiger partial charge in [0.25, 0.3) is 0 Å². The summed E-state index contributed by atoms with van der Waals surface area (Å²) < 4.78 is 0. The summed E-state index contributed by atoms with van der Waals surface area (Å²) in [6, 6.07) is 0. The van der Waals surface area contributed by atoms with Crippen molar-refractivity contribution in [3.05, 3.63) is 0 Å². The van der Waals surface area contributed by atoms with Crippen LogP contribution in [0.5, 0.6) is 0 Å². The van der Waals surface area contributed by atoms with Gasteiger partial charge < -0.3 is 0 Å². The van der Waals surface area contributed by atoms with Gasteiger partial charge in [-0.15, -0.1) is 0 Å². The van der Waals surface area contributed by atoms with Crippen molar-refractivity contribution in [2.24, 2.45) is 5.92 Å². The van der Waals surface area contributed by atoms with Crippen molar-refractivity contribution in [1.82, 2.24) is 0 Å². The molecule has 0 radical (unpaired) electrons. The molecule has 0 spiro atoms. The summed E-state index contributed by atoms with van der Waals surface area (Å²) in [7, 11) is 0. The Morgan fingerprint density at radius 3 is 2.57 bits per heavy atom. The summed E-state index contributed by atoms with van der Waals surface area (Å²) >= 11 is 2.10. The molecular weight excluding hydrogens is 104 g/mol. The third kappa shape index (κ3) is 1.37. The van der Waals surface area contributed by atoms with Crippen LogP contribution in [-0.2, 0) is 0 Å². The van der Waals surface area contributed by atoms with Gasteiger partial charge in [0, 0.05) is 11.0 Å². The Morgan fingerprint density at radius 1 is 1.86 bits per heavy atom. The van der Waals surface area contributed by atoms with Crippen molar-refractivity contribution in [3.8, 4) is 0 Å². The standard InChI is InChI=1S/C6H12S/c1-3-5(2)6-4-7-6/h5-6H,3-4H2,1-2H3. The molecule has 0 amide bonds. The van der Waals surface area contributed by atoms with Crippen molar-refractivity contribution in [2.45, 2.75) is 25.5 Å². The second-order valence-corrected chi connectivity index (χ2v) is 3.53. The Bertz CT molecular complexity index is 57.2. The number of hydrogen-bond donors (Lipinski definition) is 0. The van der Waals surface area contributed by atoms with Crippen LogP contribution in [0.25, 0.3) is 0 Å². The molecule has 0 aromatic heterocycles. The molecular formula is C6H12S. The second-order valence-electron chi connectivity index (χ2n) is 2.26. The third-order valence-electron chi connectivity index (χ3n) is 1.64. The minimum atomic E-state index is 0.977. The predicted molar refractivity (Wildman–Crippen MR) is 35.7 cm³/mol. The fraction of sp³-hybridized carbons (Fsp3) is 1.00. The first kappa shape index (κ1) is 5.49. The van der Waals surface area contributed by atoms with Gasteiger partial charge in [-0.1, -0.05) is 20.3 Å². The molecule has 0 aliphatic carbocycles. The van der Waals surface area contributed by atoms with Crippen molar-refractivity contribution < 1.29 is 0 Å². The highest BCUT2D eigenvalue weighted by molar-refractivity contribution is 8.06. The zero-order valence-electron chi connectivity index (χ0n) is 4.98. The zero-order valence-corrected chi connectivity index (χ0v) is 5.79. The van der Waals surface area contributed by atoms with Crippen LogP contribution < -0.4 is 0 Å². The lowest BCUT2D eigenvalue weighted by Gasteiger charge is -2.00. The molecule has 0 saturated carbocycles. The average Bonchev–Trinajstić information content (AvgIpc) is 2.44. The van der Waals surface area contributed by atoms with Crippen LogP contribution in [0.3, 0.4) is 0 Å². The summed E-state index contributed by atoms with van der Waals surface area (Å²) in [5.41, 5.74) is 0. The van der Waals surface area contributed by atoms with Crippen molar-refractivity contribution >= 4 is 11.8 Å². The maximum atomic E-state index is 2.34. The fourth-order valence-corrected chi connectivity index (χ4v) is 1.61. The molecule has 0 aromatic carbocycles. The van der Waals surface area contributed by atoms with E-state index in [1.54, 1.807) is 0 Å². The van der Waals surface area contributed by atoms with Gasteiger partial charge in [-0.3, -0.25) is 0 Å². The smallest absolute Gasteiger partial charge is 0.0164 e. The van der Waals surface area contributed by atoms with Gasteiger partial charge in [0.1, 0.15) is 0 Å². The molecule has 1 heterocycles. The fourth-order valence-electron chi connectivity index (χ4n) is 0.647. The van der Waals surface area contributed by atoms with Gasteiger partial charge in [-0.05, 0) is 5.92 Å². The zero-order chi connectivity index (χ0) is 5.28. The summed E-state index contributed by atoms with van der Waals surface area (Å²) in [5, 5.41) is 1.03. The highest BCUT2D eigenvalue weighted by atomic mass is 32.2. The van der Waals surface area contributed by atoms with Crippen LogP contribution in [0.1, 0.15) is 20.3 Å². The summed E-state index contributed by atoms with van der Waals surface area (Å²) in [4.78, 5) is 0. The molecule has 0 nitrogen and oxygen atoms in total. The summed E-state index contributed by atoms with van der Waals surface area (Å²) in [6.45, 7) is 4.61. The molecule has 2 unspecified atom stereocenters. The van der Waals surface area contributed by atoms with E-state index in [1.165, 1.54) is 12.2 Å². The quantitative estimate of drug-likeness (QED) is 0.498. The largest absolute Gasteiger partial charge is 0.156 e. The number of rotatable bonds is 2. The van der Waals surface area contributed by atoms with Gasteiger partial charge in [-0.25, -0.2) is 0 Å². The topological polar surface area (TPSA) is 0 Å². The van der Waals surface area contributed by atoms with Crippen molar-refractivity contribution in [3.63, 3.8) is 0 Å². The van der Waals surface area contributed by atoms with Crippen molar-refractivity contribution in [2.75, 3.05) is 5.75 Å². The molecule has 1 saturated heterocycles. The molecule has 1 aliphatic heterocycles. The Kier molecular flexibility index (Phi) is 1.63. The first-order valence-corrected chi connectivity index (χ1v) is 4.01. The van der Waals surface area contributed by atoms with E-state index in [0.29, 0.717) is 0 Å². The lowest BCUT2D eigenvalue weighted by atomic mass is 10.1. The molecule has 7 heavy (non-hydrogen) atoms. The Labute approximate surface area is 49.7 Å². The van der Waals surface area contributed by atoms with Gasteiger partial charge in [0.2, 0.25) is 0 Å². The molecule has 1 heteroatoms. The second kappa shape index (κ2) is 2.08. The first-order chi connectivity index (χ1) is 3.34. The lowest BCUT2D eigenvalue weighted by molar-refractivity contribution is 0.586. The van der Waals surface area contributed by atoms with Gasteiger partial charge >= 0.3 is 0 Å². The van der Waals surface area contributed by atoms with Crippen LogP contribution in [0.2, 0.25) is 0 Å². The van der Waals surface area contributed by atoms with E-state index < -0.39 is 0 Å². The van der Waals surface area contributed by atoms with Crippen LogP contribution in [0.4, 0.5) is 0 Å². The Morgan fingerprint density at radius 2 is 2.43 bits per heavy atom. The third-order valence-corrected chi connectivity index (χ3v) is 2.82. The van der Waals surface area contributed by atoms with Crippen LogP contribution >= 0.6 is 11.8 Å². The predicted octanol–water partition coefficient (Wildman–Crippen LogP) is 2.15. The van der Waals surface area contributed by atoms with E-state index in [0.717, 1.165) is 11.2 Å². The Balaban J connectivity index is 2.10. The van der Waals surface area contributed by atoms with E-state index in [2.05, 4.69) is 25.6 Å². The summed E-state index contributed by atoms with van der Waals surface area (Å²) in [5.74, 6) is 2.40. The van der Waals surface area contributed by atoms with Crippen LogP contribution in [-0.4, -0.2) is 11.0 Å². The molecule has 2 atom stereocenters. The maximum absolute atomic E-state index is 2.34. The molecule has 0 bridgehead atoms. The summed E-state index contributed by atoms with van der Waals surface area (Å²) in [6.07, 6.45) is 1.36. The molecule has 0 N–H and O–H groups in total. The molecule has 1 rings (SSSR count). The number of thioether (sulfide) groups is 1. The molecule has 1 fully saturated rings. The first-order valence-electron chi connectivity index (χ1n) is 2.96. The highest BCUT2D eigenvalue weighted by Gasteiger charge is 2.27. The van der Waals surface area contributed by atoms with Crippen LogP contribution in [0.15, 0.2) is 0 Å². The molecule has 1 aliphatic rings. The monoisotopic (exact) mass is 116 g/mol. The minimum Gasteiger partial charge on any atom is -0.156 e. The minimum absolute atomic E-state index is 0.977. The van der Waals surface area contributed by atoms with E-state index >= 15 is 0 Å². The highest BCUT2D eigenvalue weighted by Crippen LogP contribution is 2.37. The normalized spacial score (nSPS) is 32.6. The van der Waals surface area contributed by atoms with Crippen LogP contribution in [0, 0.1) is 5.92 Å². The van der Waals surface area contributed by atoms with Gasteiger partial charge in [0.15, 0.2) is 0 Å². The Hall–Kier alpha value is 0.350. The van der Waals surface area contributed by atoms with Crippen molar-refractivity contribution in [1.29, 1.82) is 0 Å². The van der Waals surface area contributed by atoms with E-state index in [1.807, 2.05) is 0 Å². The van der Waals surface area contributed by atoms with E-state index in [9.17, 15) is 0 Å². The maximum Gasteiger partial charge on any atom is 0.0164 e. The SMILES string of the molecule is CCC(C)C1CS1.